The summed E-state index contributed by atoms with van der Waals surface area (Å²) in [4.78, 5) is 13.1. The van der Waals surface area contributed by atoms with Gasteiger partial charge in [-0.25, -0.2) is 0 Å². The topological polar surface area (TPSA) is 149 Å². The highest BCUT2D eigenvalue weighted by atomic mass is 16.7. The molecule has 1 rings (SSSR count). The largest absolute Gasteiger partial charge is 0.394 e. The second-order valence-electron chi connectivity index (χ2n) is 20.4. The number of aliphatic hydroxyl groups is 5. The van der Waals surface area contributed by atoms with E-state index in [0.29, 0.717) is 6.42 Å². The lowest BCUT2D eigenvalue weighted by atomic mass is 9.99. The van der Waals surface area contributed by atoms with Crippen molar-refractivity contribution in [2.75, 3.05) is 13.2 Å². The van der Waals surface area contributed by atoms with Crippen LogP contribution in [0.15, 0.2) is 85.1 Å². The van der Waals surface area contributed by atoms with Crippen molar-refractivity contribution >= 4 is 5.91 Å². The Morgan fingerprint density at radius 3 is 1.33 bits per heavy atom. The Bertz CT molecular complexity index is 1400. The third kappa shape index (κ3) is 40.7. The molecule has 1 heterocycles. The van der Waals surface area contributed by atoms with Gasteiger partial charge in [-0.3, -0.25) is 4.79 Å². The molecular formula is C63H111NO8. The maximum Gasteiger partial charge on any atom is 0.220 e. The minimum Gasteiger partial charge on any atom is -0.394 e. The normalized spacial score (nSPS) is 19.8. The number of allylic oxidation sites excluding steroid dienone is 13. The zero-order chi connectivity index (χ0) is 52.2. The van der Waals surface area contributed by atoms with Gasteiger partial charge in [0.1, 0.15) is 24.4 Å². The van der Waals surface area contributed by atoms with Gasteiger partial charge in [-0.05, 0) is 83.5 Å². The first-order chi connectivity index (χ1) is 35.3. The van der Waals surface area contributed by atoms with Crippen molar-refractivity contribution in [2.45, 2.75) is 294 Å². The SMILES string of the molecule is CC/C=C\C/C=C\C/C=C\C/C=C\CCCCCCCCCCCCCCCCCCCCC(=O)NC(COC1OC(CO)C(O)C(O)C1O)C(O)/C=C/CC/C=C/CC/C=C/CCCCCCCCCC. The molecule has 0 aromatic heterocycles. The van der Waals surface area contributed by atoms with Gasteiger partial charge in [-0.15, -0.1) is 0 Å². The molecule has 0 radical (unpaired) electrons. The van der Waals surface area contributed by atoms with E-state index < -0.39 is 49.5 Å². The molecule has 0 spiro atoms. The van der Waals surface area contributed by atoms with Crippen LogP contribution in [-0.2, 0) is 14.3 Å². The first-order valence-corrected chi connectivity index (χ1v) is 29.8. The van der Waals surface area contributed by atoms with Crippen LogP contribution in [0.25, 0.3) is 0 Å². The number of amides is 1. The van der Waals surface area contributed by atoms with Crippen LogP contribution in [-0.4, -0.2) is 87.5 Å². The van der Waals surface area contributed by atoms with Crippen molar-refractivity contribution in [1.29, 1.82) is 0 Å². The van der Waals surface area contributed by atoms with Crippen LogP contribution in [0.4, 0.5) is 0 Å². The van der Waals surface area contributed by atoms with E-state index >= 15 is 0 Å². The maximum atomic E-state index is 13.1. The van der Waals surface area contributed by atoms with Crippen molar-refractivity contribution in [1.82, 2.24) is 5.32 Å². The third-order valence-electron chi connectivity index (χ3n) is 13.7. The standard InChI is InChI=1S/C63H111NO8/c1-3-5-7-9-11-13-15-17-19-21-23-24-25-26-27-28-29-30-31-32-33-34-35-37-39-41-43-45-47-49-51-53-59(67)64-56(55-71-63-62(70)61(69)60(68)58(54-65)72-63)57(66)52-50-48-46-44-42-40-38-36-22-20-18-16-14-12-10-8-6-4-2/h5,7,11,13,17,19,22-24,36,42,44,50,52,56-58,60-63,65-66,68-70H,3-4,6,8-10,12,14-16,18,20-21,25-35,37-41,43,45-49,51,53-55H2,1-2H3,(H,64,67)/b7-5-,13-11-,19-17-,24-23-,36-22+,44-42+,52-50+. The Kier molecular flexibility index (Phi) is 48.5. The summed E-state index contributed by atoms with van der Waals surface area (Å²) in [5, 5.41) is 54.5. The summed E-state index contributed by atoms with van der Waals surface area (Å²) in [5.41, 5.74) is 0. The molecule has 0 bridgehead atoms. The zero-order valence-electron chi connectivity index (χ0n) is 46.2. The molecule has 1 saturated heterocycles. The quantitative estimate of drug-likeness (QED) is 0.0261. The van der Waals surface area contributed by atoms with Gasteiger partial charge in [0.25, 0.3) is 0 Å². The number of aliphatic hydroxyl groups excluding tert-OH is 5. The number of ether oxygens (including phenoxy) is 2. The van der Waals surface area contributed by atoms with Gasteiger partial charge in [-0.2, -0.15) is 0 Å². The van der Waals surface area contributed by atoms with E-state index in [2.05, 4.69) is 92.1 Å². The molecule has 1 fully saturated rings. The highest BCUT2D eigenvalue weighted by Gasteiger charge is 2.44. The van der Waals surface area contributed by atoms with Gasteiger partial charge in [0.05, 0.1) is 25.4 Å². The Hall–Kier alpha value is -2.63. The van der Waals surface area contributed by atoms with E-state index in [1.54, 1.807) is 6.08 Å². The van der Waals surface area contributed by atoms with Gasteiger partial charge in [0.15, 0.2) is 6.29 Å². The fourth-order valence-electron chi connectivity index (χ4n) is 9.00. The van der Waals surface area contributed by atoms with Gasteiger partial charge in [0.2, 0.25) is 5.91 Å². The summed E-state index contributed by atoms with van der Waals surface area (Å²) < 4.78 is 11.3. The molecule has 1 amide bonds. The maximum absolute atomic E-state index is 13.1. The number of rotatable bonds is 50. The highest BCUT2D eigenvalue weighted by Crippen LogP contribution is 2.23. The predicted molar refractivity (Wildman–Crippen MR) is 304 cm³/mol. The Morgan fingerprint density at radius 1 is 0.486 bits per heavy atom. The van der Waals surface area contributed by atoms with Gasteiger partial charge in [0, 0.05) is 6.42 Å². The lowest BCUT2D eigenvalue weighted by molar-refractivity contribution is -0.302. The minimum atomic E-state index is -1.58. The van der Waals surface area contributed by atoms with Crippen LogP contribution in [0.2, 0.25) is 0 Å². The molecular weight excluding hydrogens is 899 g/mol. The summed E-state index contributed by atoms with van der Waals surface area (Å²) in [5.74, 6) is -0.191. The number of hydrogen-bond donors (Lipinski definition) is 6. The Labute approximate surface area is 441 Å². The van der Waals surface area contributed by atoms with Crippen molar-refractivity contribution in [3.63, 3.8) is 0 Å². The average molecular weight is 1010 g/mol. The minimum absolute atomic E-state index is 0.191. The molecule has 0 aromatic rings. The van der Waals surface area contributed by atoms with Crippen molar-refractivity contribution in [2.24, 2.45) is 0 Å². The summed E-state index contributed by atoms with van der Waals surface area (Å²) in [6.07, 6.45) is 66.6. The molecule has 0 aliphatic carbocycles. The number of unbranched alkanes of at least 4 members (excludes halogenated alkanes) is 28. The Morgan fingerprint density at radius 2 is 0.875 bits per heavy atom. The molecule has 9 nitrogen and oxygen atoms in total. The number of carbonyl (C=O) groups is 1. The second kappa shape index (κ2) is 51.8. The molecule has 7 unspecified atom stereocenters. The summed E-state index contributed by atoms with van der Waals surface area (Å²) in [6.45, 7) is 3.65. The van der Waals surface area contributed by atoms with Crippen LogP contribution in [0.3, 0.4) is 0 Å². The van der Waals surface area contributed by atoms with Crippen molar-refractivity contribution < 1.29 is 39.8 Å². The van der Waals surface area contributed by atoms with Crippen LogP contribution in [0, 0.1) is 0 Å². The van der Waals surface area contributed by atoms with Crippen LogP contribution < -0.4 is 5.32 Å². The third-order valence-corrected chi connectivity index (χ3v) is 13.7. The summed E-state index contributed by atoms with van der Waals surface area (Å²) >= 11 is 0. The van der Waals surface area contributed by atoms with Gasteiger partial charge < -0.3 is 40.3 Å². The summed E-state index contributed by atoms with van der Waals surface area (Å²) in [7, 11) is 0. The van der Waals surface area contributed by atoms with E-state index in [1.807, 2.05) is 6.08 Å². The fourth-order valence-corrected chi connectivity index (χ4v) is 9.00. The molecule has 416 valence electrons. The molecule has 1 aliphatic rings. The van der Waals surface area contributed by atoms with Crippen LogP contribution in [0.5, 0.6) is 0 Å². The van der Waals surface area contributed by atoms with E-state index in [-0.39, 0.29) is 12.5 Å². The van der Waals surface area contributed by atoms with Crippen LogP contribution >= 0.6 is 0 Å². The van der Waals surface area contributed by atoms with Gasteiger partial charge in [-0.1, -0.05) is 247 Å². The molecule has 0 saturated carbocycles. The van der Waals surface area contributed by atoms with Crippen molar-refractivity contribution in [3.05, 3.63) is 85.1 Å². The smallest absolute Gasteiger partial charge is 0.220 e. The highest BCUT2D eigenvalue weighted by molar-refractivity contribution is 5.76. The number of hydrogen-bond acceptors (Lipinski definition) is 8. The van der Waals surface area contributed by atoms with E-state index in [1.165, 1.54) is 154 Å². The summed E-state index contributed by atoms with van der Waals surface area (Å²) in [6, 6.07) is -0.831. The monoisotopic (exact) mass is 1010 g/mol. The van der Waals surface area contributed by atoms with E-state index in [0.717, 1.165) is 77.0 Å². The molecule has 9 heteroatoms. The average Bonchev–Trinajstić information content (AvgIpc) is 3.38. The Balaban J connectivity index is 2.19. The fraction of sp³-hybridized carbons (Fsp3) is 0.762. The molecule has 0 aromatic carbocycles. The first kappa shape index (κ1) is 67.4. The van der Waals surface area contributed by atoms with E-state index in [4.69, 9.17) is 9.47 Å². The molecule has 6 N–H and O–H groups in total. The number of carbonyl (C=O) groups excluding carboxylic acids is 1. The molecule has 7 atom stereocenters. The molecule has 72 heavy (non-hydrogen) atoms. The second-order valence-corrected chi connectivity index (χ2v) is 20.4. The first-order valence-electron chi connectivity index (χ1n) is 29.8. The van der Waals surface area contributed by atoms with Gasteiger partial charge >= 0.3 is 0 Å². The predicted octanol–water partition coefficient (Wildman–Crippen LogP) is 15.0. The van der Waals surface area contributed by atoms with Crippen molar-refractivity contribution in [3.8, 4) is 0 Å². The van der Waals surface area contributed by atoms with E-state index in [9.17, 15) is 30.3 Å². The lowest BCUT2D eigenvalue weighted by Crippen LogP contribution is -2.60. The van der Waals surface area contributed by atoms with Crippen LogP contribution in [0.1, 0.15) is 251 Å². The zero-order valence-corrected chi connectivity index (χ0v) is 46.2. The lowest BCUT2D eigenvalue weighted by Gasteiger charge is -2.40. The number of nitrogens with one attached hydrogen (secondary N) is 1. The molecule has 1 aliphatic heterocycles.